The van der Waals surface area contributed by atoms with Crippen LogP contribution in [0.3, 0.4) is 0 Å². The monoisotopic (exact) mass is 672 g/mol. The summed E-state index contributed by atoms with van der Waals surface area (Å²) in [4.78, 5) is 0. The van der Waals surface area contributed by atoms with Crippen LogP contribution in [-0.2, 0) is 28.4 Å². The van der Waals surface area contributed by atoms with Crippen LogP contribution in [0.25, 0.3) is 0 Å². The molecule has 12 nitrogen and oxygen atoms in total. The third kappa shape index (κ3) is 5.47. The Hall–Kier alpha value is -0.480. The first-order chi connectivity index (χ1) is 22.0. The molecule has 4 saturated carbocycles. The minimum absolute atomic E-state index is 0.0150. The second kappa shape index (κ2) is 12.9. The summed E-state index contributed by atoms with van der Waals surface area (Å²) in [5.74, 6) is 0.402. The molecular weight excluding hydrogens is 612 g/mol. The predicted octanol–water partition coefficient (Wildman–Crippen LogP) is 1.63. The quantitative estimate of drug-likeness (QED) is 0.216. The number of hydrogen-bond donors (Lipinski definition) is 6. The van der Waals surface area contributed by atoms with E-state index in [0.29, 0.717) is 25.2 Å². The van der Waals surface area contributed by atoms with Crippen molar-refractivity contribution in [1.29, 1.82) is 0 Å². The molecule has 47 heavy (non-hydrogen) atoms. The first-order valence-corrected chi connectivity index (χ1v) is 17.9. The average Bonchev–Trinajstić information content (AvgIpc) is 3.25. The highest BCUT2D eigenvalue weighted by molar-refractivity contribution is 5.25. The summed E-state index contributed by atoms with van der Waals surface area (Å²) in [5, 5.41) is 67.3. The molecule has 272 valence electrons. The number of hydrogen-bond acceptors (Lipinski definition) is 12. The molecule has 6 N–H and O–H groups in total. The summed E-state index contributed by atoms with van der Waals surface area (Å²) in [5.41, 5.74) is -4.07. The van der Waals surface area contributed by atoms with E-state index in [2.05, 4.69) is 6.92 Å². The second-order valence-electron chi connectivity index (χ2n) is 16.3. The van der Waals surface area contributed by atoms with E-state index in [9.17, 15) is 30.6 Å². The van der Waals surface area contributed by atoms with Crippen molar-refractivity contribution in [2.75, 3.05) is 14.2 Å². The molecular formula is C35H60O12. The highest BCUT2D eigenvalue weighted by Crippen LogP contribution is 2.70. The Labute approximate surface area is 279 Å². The highest BCUT2D eigenvalue weighted by Gasteiger charge is 2.75. The van der Waals surface area contributed by atoms with Crippen LogP contribution in [-0.4, -0.2) is 130 Å². The highest BCUT2D eigenvalue weighted by atomic mass is 16.7. The van der Waals surface area contributed by atoms with Crippen LogP contribution < -0.4 is 0 Å². The normalized spacial score (nSPS) is 57.1. The molecule has 0 amide bonds. The van der Waals surface area contributed by atoms with Crippen molar-refractivity contribution in [1.82, 2.24) is 0 Å². The third-order valence-electron chi connectivity index (χ3n) is 14.4. The van der Waals surface area contributed by atoms with Crippen LogP contribution in [0, 0.1) is 28.6 Å². The molecule has 12 heteroatoms. The Morgan fingerprint density at radius 3 is 2.15 bits per heavy atom. The molecule has 2 heterocycles. The lowest BCUT2D eigenvalue weighted by atomic mass is 9.42. The molecule has 0 radical (unpaired) electrons. The van der Waals surface area contributed by atoms with E-state index in [1.54, 1.807) is 27.9 Å². The minimum atomic E-state index is -1.53. The lowest BCUT2D eigenvalue weighted by Gasteiger charge is -2.66. The zero-order valence-electron chi connectivity index (χ0n) is 29.2. The Morgan fingerprint density at radius 1 is 0.766 bits per heavy atom. The van der Waals surface area contributed by atoms with Gasteiger partial charge in [0.05, 0.1) is 47.6 Å². The Bertz CT molecular complexity index is 1110. The van der Waals surface area contributed by atoms with Gasteiger partial charge < -0.3 is 59.1 Å². The fourth-order valence-corrected chi connectivity index (χ4v) is 11.3. The van der Waals surface area contributed by atoms with Gasteiger partial charge in [-0.15, -0.1) is 0 Å². The van der Waals surface area contributed by atoms with Crippen molar-refractivity contribution in [3.8, 4) is 0 Å². The van der Waals surface area contributed by atoms with E-state index in [0.717, 1.165) is 32.1 Å². The molecule has 19 atom stereocenters. The number of rotatable bonds is 7. The maximum atomic E-state index is 12.3. The summed E-state index contributed by atoms with van der Waals surface area (Å²) < 4.78 is 36.1. The van der Waals surface area contributed by atoms with Gasteiger partial charge in [-0.2, -0.15) is 0 Å². The standard InChI is InChI=1S/C35H60O12/c1-17-27(38)30(43-7)28(39)31(45-17)47-29-18(2)44-26(16-24(29)42-6)46-21-10-11-32(4)20(14-21)8-9-22-23(32)15-25(37)33(5)34(40,19(3)36)12-13-35(22,33)41/h17-31,36-41H,8-16H2,1-7H3. The van der Waals surface area contributed by atoms with Gasteiger partial charge in [0.1, 0.15) is 30.0 Å². The van der Waals surface area contributed by atoms with Crippen molar-refractivity contribution < 1.29 is 59.1 Å². The first kappa shape index (κ1) is 36.3. The van der Waals surface area contributed by atoms with Gasteiger partial charge in [0.25, 0.3) is 0 Å². The summed E-state index contributed by atoms with van der Waals surface area (Å²) in [6.07, 6.45) is -2.56. The molecule has 0 bridgehead atoms. The van der Waals surface area contributed by atoms with Gasteiger partial charge in [-0.3, -0.25) is 0 Å². The third-order valence-corrected chi connectivity index (χ3v) is 14.4. The summed E-state index contributed by atoms with van der Waals surface area (Å²) >= 11 is 0. The molecule has 2 saturated heterocycles. The number of fused-ring (bicyclic) bond motifs is 5. The van der Waals surface area contributed by atoms with Crippen LogP contribution in [0.15, 0.2) is 0 Å². The maximum absolute atomic E-state index is 12.3. The van der Waals surface area contributed by atoms with Crippen LogP contribution in [0.1, 0.15) is 92.4 Å². The van der Waals surface area contributed by atoms with Crippen LogP contribution in [0.4, 0.5) is 0 Å². The van der Waals surface area contributed by atoms with Crippen molar-refractivity contribution in [3.05, 3.63) is 0 Å². The Kier molecular flexibility index (Phi) is 9.99. The van der Waals surface area contributed by atoms with Gasteiger partial charge in [-0.25, -0.2) is 0 Å². The van der Waals surface area contributed by atoms with Crippen molar-refractivity contribution in [3.63, 3.8) is 0 Å². The molecule has 6 aliphatic rings. The summed E-state index contributed by atoms with van der Waals surface area (Å²) in [7, 11) is 3.05. The number of aliphatic hydroxyl groups is 6. The Balaban J connectivity index is 1.09. The minimum Gasteiger partial charge on any atom is -0.392 e. The molecule has 0 aromatic carbocycles. The van der Waals surface area contributed by atoms with Crippen LogP contribution in [0.2, 0.25) is 0 Å². The molecule has 2 aliphatic heterocycles. The van der Waals surface area contributed by atoms with Gasteiger partial charge in [0.15, 0.2) is 12.6 Å². The maximum Gasteiger partial charge on any atom is 0.187 e. The molecule has 6 fully saturated rings. The van der Waals surface area contributed by atoms with Gasteiger partial charge in [-0.05, 0) is 95.3 Å². The predicted molar refractivity (Wildman–Crippen MR) is 168 cm³/mol. The fourth-order valence-electron chi connectivity index (χ4n) is 11.3. The largest absolute Gasteiger partial charge is 0.392 e. The van der Waals surface area contributed by atoms with Gasteiger partial charge in [0.2, 0.25) is 0 Å². The number of ether oxygens (including phenoxy) is 6. The lowest BCUT2D eigenvalue weighted by Crippen LogP contribution is -2.72. The van der Waals surface area contributed by atoms with Gasteiger partial charge in [-0.1, -0.05) is 13.8 Å². The average molecular weight is 673 g/mol. The fraction of sp³-hybridized carbons (Fsp3) is 1.00. The van der Waals surface area contributed by atoms with Crippen molar-refractivity contribution >= 4 is 0 Å². The topological polar surface area (TPSA) is 177 Å². The first-order valence-electron chi connectivity index (χ1n) is 17.9. The second-order valence-corrected chi connectivity index (χ2v) is 16.3. The van der Waals surface area contributed by atoms with E-state index in [4.69, 9.17) is 28.4 Å². The van der Waals surface area contributed by atoms with Gasteiger partial charge >= 0.3 is 0 Å². The Morgan fingerprint density at radius 2 is 1.49 bits per heavy atom. The SMILES string of the molecule is COC1CC(OC2CCC3(C)C(CCC4C3CC(O)C3(C)C(O)(C(C)O)CCC43O)C2)OC(C)C1OC1OC(C)C(O)C(OC)C1O. The molecule has 19 unspecified atom stereocenters. The van der Waals surface area contributed by atoms with Crippen LogP contribution in [0.5, 0.6) is 0 Å². The van der Waals surface area contributed by atoms with E-state index in [-0.39, 0.29) is 35.9 Å². The van der Waals surface area contributed by atoms with Gasteiger partial charge in [0, 0.05) is 20.6 Å². The molecule has 0 spiro atoms. The van der Waals surface area contributed by atoms with E-state index >= 15 is 0 Å². The zero-order chi connectivity index (χ0) is 34.3. The molecule has 0 aromatic rings. The van der Waals surface area contributed by atoms with Crippen molar-refractivity contribution in [2.45, 2.75) is 177 Å². The molecule has 0 aromatic heterocycles. The zero-order valence-corrected chi connectivity index (χ0v) is 29.2. The van der Waals surface area contributed by atoms with Crippen LogP contribution >= 0.6 is 0 Å². The summed E-state index contributed by atoms with van der Waals surface area (Å²) in [6, 6.07) is 0. The lowest BCUT2D eigenvalue weighted by molar-refractivity contribution is -0.343. The molecule has 6 rings (SSSR count). The smallest absolute Gasteiger partial charge is 0.187 e. The van der Waals surface area contributed by atoms with E-state index < -0.39 is 78.0 Å². The number of aliphatic hydroxyl groups excluding tert-OH is 4. The van der Waals surface area contributed by atoms with E-state index in [1.807, 2.05) is 6.92 Å². The van der Waals surface area contributed by atoms with Crippen molar-refractivity contribution in [2.24, 2.45) is 28.6 Å². The number of methoxy groups -OCH3 is 2. The summed E-state index contributed by atoms with van der Waals surface area (Å²) in [6.45, 7) is 9.26. The molecule has 4 aliphatic carbocycles. The van der Waals surface area contributed by atoms with E-state index in [1.165, 1.54) is 7.11 Å².